The van der Waals surface area contributed by atoms with Crippen LogP contribution in [0.15, 0.2) is 54.6 Å². The molecular weight excluding hydrogens is 360 g/mol. The van der Waals surface area contributed by atoms with Crippen molar-refractivity contribution in [2.75, 3.05) is 18.6 Å². The van der Waals surface area contributed by atoms with E-state index in [1.54, 1.807) is 31.4 Å². The number of hydrogen-bond acceptors (Lipinski definition) is 4. The van der Waals surface area contributed by atoms with Crippen molar-refractivity contribution in [1.82, 2.24) is 5.32 Å². The number of amides is 2. The second-order valence-corrected chi connectivity index (χ2v) is 6.69. The van der Waals surface area contributed by atoms with E-state index in [1.165, 1.54) is 4.90 Å². The molecule has 146 valence electrons. The number of anilines is 1. The van der Waals surface area contributed by atoms with Crippen LogP contribution in [0.4, 0.5) is 5.69 Å². The molecule has 0 bridgehead atoms. The lowest BCUT2D eigenvalue weighted by molar-refractivity contribution is -0.142. The zero-order valence-electron chi connectivity index (χ0n) is 15.5. The molecule has 2 aromatic rings. The van der Waals surface area contributed by atoms with Gasteiger partial charge in [0.05, 0.1) is 13.0 Å². The number of benzene rings is 2. The molecule has 0 unspecified atom stereocenters. The number of methoxy groups -OCH3 is 1. The predicted octanol–water partition coefficient (Wildman–Crippen LogP) is 1.86. The summed E-state index contributed by atoms with van der Waals surface area (Å²) in [4.78, 5) is 38.1. The standard InChI is InChI=1S/C21H22N2O5/c1-28-17-9-7-16(8-10-17)23-13-15(12-19(23)24)20(25)22-18(21(26)27)11-14-5-3-2-4-6-14/h2-10,15,18H,11-13H2,1H3,(H,22,25)(H,26,27)/t15-,18-/m0/s1. The lowest BCUT2D eigenvalue weighted by Gasteiger charge is -2.19. The van der Waals surface area contributed by atoms with E-state index >= 15 is 0 Å². The largest absolute Gasteiger partial charge is 0.497 e. The molecule has 7 heteroatoms. The van der Waals surface area contributed by atoms with Crippen LogP contribution in [-0.2, 0) is 20.8 Å². The highest BCUT2D eigenvalue weighted by atomic mass is 16.5. The normalized spacial score (nSPS) is 17.2. The van der Waals surface area contributed by atoms with Gasteiger partial charge in [0.15, 0.2) is 0 Å². The average molecular weight is 382 g/mol. The molecule has 1 saturated heterocycles. The average Bonchev–Trinajstić information content (AvgIpc) is 3.10. The van der Waals surface area contributed by atoms with Gasteiger partial charge in [-0.05, 0) is 29.8 Å². The minimum Gasteiger partial charge on any atom is -0.497 e. The van der Waals surface area contributed by atoms with Gasteiger partial charge in [-0.1, -0.05) is 30.3 Å². The van der Waals surface area contributed by atoms with Crippen LogP contribution in [0.1, 0.15) is 12.0 Å². The van der Waals surface area contributed by atoms with E-state index in [2.05, 4.69) is 5.32 Å². The zero-order chi connectivity index (χ0) is 20.1. The number of rotatable bonds is 7. The summed E-state index contributed by atoms with van der Waals surface area (Å²) >= 11 is 0. The molecule has 2 atom stereocenters. The number of carbonyl (C=O) groups is 3. The van der Waals surface area contributed by atoms with Crippen molar-refractivity contribution in [3.63, 3.8) is 0 Å². The van der Waals surface area contributed by atoms with Gasteiger partial charge in [0.2, 0.25) is 11.8 Å². The maximum absolute atomic E-state index is 12.6. The summed E-state index contributed by atoms with van der Waals surface area (Å²) in [7, 11) is 1.56. The first-order chi connectivity index (χ1) is 13.5. The van der Waals surface area contributed by atoms with Crippen LogP contribution in [0.25, 0.3) is 0 Å². The van der Waals surface area contributed by atoms with E-state index in [0.29, 0.717) is 11.4 Å². The summed E-state index contributed by atoms with van der Waals surface area (Å²) in [6.45, 7) is 0.217. The third-order valence-corrected chi connectivity index (χ3v) is 4.78. The molecule has 2 aromatic carbocycles. The van der Waals surface area contributed by atoms with Crippen LogP contribution in [0, 0.1) is 5.92 Å². The van der Waals surface area contributed by atoms with Gasteiger partial charge in [-0.25, -0.2) is 4.79 Å². The molecule has 0 aromatic heterocycles. The Morgan fingerprint density at radius 2 is 1.86 bits per heavy atom. The lowest BCUT2D eigenvalue weighted by Crippen LogP contribution is -2.45. The molecule has 3 rings (SSSR count). The summed E-state index contributed by atoms with van der Waals surface area (Å²) in [6, 6.07) is 15.1. The topological polar surface area (TPSA) is 95.9 Å². The van der Waals surface area contributed by atoms with Gasteiger partial charge < -0.3 is 20.1 Å². The predicted molar refractivity (Wildman–Crippen MR) is 103 cm³/mol. The lowest BCUT2D eigenvalue weighted by atomic mass is 10.0. The van der Waals surface area contributed by atoms with Crippen LogP contribution in [0.3, 0.4) is 0 Å². The van der Waals surface area contributed by atoms with E-state index in [-0.39, 0.29) is 25.3 Å². The maximum atomic E-state index is 12.6. The molecule has 1 aliphatic heterocycles. The number of carboxylic acids is 1. The van der Waals surface area contributed by atoms with Crippen molar-refractivity contribution in [3.8, 4) is 5.75 Å². The Bertz CT molecular complexity index is 851. The van der Waals surface area contributed by atoms with Gasteiger partial charge in [0.1, 0.15) is 11.8 Å². The Labute approximate surface area is 162 Å². The van der Waals surface area contributed by atoms with E-state index in [9.17, 15) is 19.5 Å². The number of hydrogen-bond donors (Lipinski definition) is 2. The fourth-order valence-electron chi connectivity index (χ4n) is 3.23. The van der Waals surface area contributed by atoms with Crippen molar-refractivity contribution in [2.45, 2.75) is 18.9 Å². The number of aliphatic carboxylic acids is 1. The van der Waals surface area contributed by atoms with E-state index in [0.717, 1.165) is 5.56 Å². The van der Waals surface area contributed by atoms with E-state index in [4.69, 9.17) is 4.74 Å². The van der Waals surface area contributed by atoms with Crippen LogP contribution < -0.4 is 15.0 Å². The molecule has 7 nitrogen and oxygen atoms in total. The highest BCUT2D eigenvalue weighted by Crippen LogP contribution is 2.27. The maximum Gasteiger partial charge on any atom is 0.326 e. The SMILES string of the molecule is COc1ccc(N2C[C@@H](C(=O)N[C@@H](Cc3ccccc3)C(=O)O)CC2=O)cc1. The van der Waals surface area contributed by atoms with E-state index in [1.807, 2.05) is 30.3 Å². The quantitative estimate of drug-likeness (QED) is 0.762. The second-order valence-electron chi connectivity index (χ2n) is 6.69. The molecule has 1 fully saturated rings. The van der Waals surface area contributed by atoms with Gasteiger partial charge in [0.25, 0.3) is 0 Å². The minimum atomic E-state index is -1.10. The van der Waals surface area contributed by atoms with Crippen molar-refractivity contribution in [1.29, 1.82) is 0 Å². The Balaban J connectivity index is 1.64. The molecule has 0 saturated carbocycles. The molecule has 0 spiro atoms. The number of carboxylic acid groups (broad SMARTS) is 1. The second kappa shape index (κ2) is 8.56. The summed E-state index contributed by atoms with van der Waals surface area (Å²) in [5, 5.41) is 12.0. The first-order valence-corrected chi connectivity index (χ1v) is 8.99. The zero-order valence-corrected chi connectivity index (χ0v) is 15.5. The van der Waals surface area contributed by atoms with Crippen LogP contribution in [-0.4, -0.2) is 42.6 Å². The fraction of sp³-hybridized carbons (Fsp3) is 0.286. The molecule has 1 aliphatic rings. The molecule has 1 heterocycles. The van der Waals surface area contributed by atoms with Crippen LogP contribution in [0.2, 0.25) is 0 Å². The molecular formula is C21H22N2O5. The number of nitrogens with zero attached hydrogens (tertiary/aromatic N) is 1. The number of carbonyl (C=O) groups excluding carboxylic acids is 2. The molecule has 0 radical (unpaired) electrons. The Hall–Kier alpha value is -3.35. The number of ether oxygens (including phenoxy) is 1. The van der Waals surface area contributed by atoms with Gasteiger partial charge in [-0.2, -0.15) is 0 Å². The van der Waals surface area contributed by atoms with Gasteiger partial charge in [0, 0.05) is 25.1 Å². The first kappa shape index (κ1) is 19.4. The smallest absolute Gasteiger partial charge is 0.326 e. The highest BCUT2D eigenvalue weighted by Gasteiger charge is 2.36. The van der Waals surface area contributed by atoms with Gasteiger partial charge >= 0.3 is 5.97 Å². The summed E-state index contributed by atoms with van der Waals surface area (Å²) in [5.74, 6) is -1.61. The van der Waals surface area contributed by atoms with Crippen molar-refractivity contribution in [3.05, 3.63) is 60.2 Å². The summed E-state index contributed by atoms with van der Waals surface area (Å²) in [6.07, 6.45) is 0.236. The van der Waals surface area contributed by atoms with Crippen LogP contribution >= 0.6 is 0 Å². The molecule has 2 amide bonds. The Morgan fingerprint density at radius 1 is 1.18 bits per heavy atom. The van der Waals surface area contributed by atoms with Gasteiger partial charge in [-0.3, -0.25) is 9.59 Å². The van der Waals surface area contributed by atoms with Crippen molar-refractivity contribution >= 4 is 23.5 Å². The number of nitrogens with one attached hydrogen (secondary N) is 1. The van der Waals surface area contributed by atoms with E-state index < -0.39 is 23.8 Å². The Morgan fingerprint density at radius 3 is 2.46 bits per heavy atom. The third kappa shape index (κ3) is 4.49. The van der Waals surface area contributed by atoms with Crippen molar-refractivity contribution in [2.24, 2.45) is 5.92 Å². The molecule has 2 N–H and O–H groups in total. The van der Waals surface area contributed by atoms with Crippen LogP contribution in [0.5, 0.6) is 5.75 Å². The first-order valence-electron chi connectivity index (χ1n) is 8.99. The fourth-order valence-corrected chi connectivity index (χ4v) is 3.23. The van der Waals surface area contributed by atoms with Gasteiger partial charge in [-0.15, -0.1) is 0 Å². The highest BCUT2D eigenvalue weighted by molar-refractivity contribution is 6.00. The summed E-state index contributed by atoms with van der Waals surface area (Å²) < 4.78 is 5.11. The van der Waals surface area contributed by atoms with Crippen molar-refractivity contribution < 1.29 is 24.2 Å². The Kier molecular flexibility index (Phi) is 5.93. The minimum absolute atomic E-state index is 0.0511. The monoisotopic (exact) mass is 382 g/mol. The summed E-state index contributed by atoms with van der Waals surface area (Å²) in [5.41, 5.74) is 1.50. The molecule has 28 heavy (non-hydrogen) atoms. The molecule has 0 aliphatic carbocycles. The third-order valence-electron chi connectivity index (χ3n) is 4.78.